The Morgan fingerprint density at radius 3 is 2.95 bits per heavy atom. The Morgan fingerprint density at radius 2 is 2.21 bits per heavy atom. The van der Waals surface area contributed by atoms with Crippen LogP contribution in [0.15, 0.2) is 18.2 Å². The zero-order valence-corrected chi connectivity index (χ0v) is 11.9. The number of carbonyl (C=O) groups excluding carboxylic acids is 1. The first-order valence-electron chi connectivity index (χ1n) is 6.76. The number of hydrogen-bond donors (Lipinski definition) is 0. The van der Waals surface area contributed by atoms with Gasteiger partial charge in [-0.2, -0.15) is 0 Å². The zero-order chi connectivity index (χ0) is 13.8. The fraction of sp³-hybridized carbons (Fsp3) is 0.533. The SMILES string of the molecule is Cc1ccc(F)cc1C(=O)N1CCCCCC1CCl. The summed E-state index contributed by atoms with van der Waals surface area (Å²) in [6.07, 6.45) is 4.15. The Bertz CT molecular complexity index is 463. The molecule has 4 heteroatoms. The minimum atomic E-state index is -0.369. The number of amides is 1. The molecule has 0 N–H and O–H groups in total. The first kappa shape index (κ1) is 14.3. The van der Waals surface area contributed by atoms with E-state index in [9.17, 15) is 9.18 Å². The molecule has 0 radical (unpaired) electrons. The summed E-state index contributed by atoms with van der Waals surface area (Å²) in [5, 5.41) is 0. The molecule has 1 unspecified atom stereocenters. The third-order valence-corrected chi connectivity index (χ3v) is 4.10. The fourth-order valence-corrected chi connectivity index (χ4v) is 2.91. The fourth-order valence-electron chi connectivity index (χ4n) is 2.58. The van der Waals surface area contributed by atoms with Crippen molar-refractivity contribution in [1.82, 2.24) is 4.90 Å². The molecular formula is C15H19ClFNO. The second kappa shape index (κ2) is 6.38. The topological polar surface area (TPSA) is 20.3 Å². The Morgan fingerprint density at radius 1 is 1.42 bits per heavy atom. The first-order valence-corrected chi connectivity index (χ1v) is 7.30. The molecule has 19 heavy (non-hydrogen) atoms. The number of alkyl halides is 1. The van der Waals surface area contributed by atoms with Gasteiger partial charge in [0.15, 0.2) is 0 Å². The highest BCUT2D eigenvalue weighted by atomic mass is 35.5. The van der Waals surface area contributed by atoms with Gasteiger partial charge in [0.05, 0.1) is 0 Å². The summed E-state index contributed by atoms with van der Waals surface area (Å²) in [4.78, 5) is 14.4. The highest BCUT2D eigenvalue weighted by Crippen LogP contribution is 2.22. The van der Waals surface area contributed by atoms with Gasteiger partial charge in [-0.1, -0.05) is 18.9 Å². The Labute approximate surface area is 118 Å². The lowest BCUT2D eigenvalue weighted by molar-refractivity contribution is 0.0699. The number of benzene rings is 1. The third-order valence-electron chi connectivity index (χ3n) is 3.75. The number of halogens is 2. The van der Waals surface area contributed by atoms with E-state index >= 15 is 0 Å². The molecule has 1 atom stereocenters. The Kier molecular flexibility index (Phi) is 4.81. The van der Waals surface area contributed by atoms with E-state index in [4.69, 9.17) is 11.6 Å². The second-order valence-corrected chi connectivity index (χ2v) is 5.42. The van der Waals surface area contributed by atoms with Crippen LogP contribution in [0.5, 0.6) is 0 Å². The molecule has 1 aliphatic heterocycles. The quantitative estimate of drug-likeness (QED) is 0.757. The standard InChI is InChI=1S/C15H19ClFNO/c1-11-6-7-12(17)9-14(11)15(19)18-8-4-2-3-5-13(18)10-16/h6-7,9,13H,2-5,8,10H2,1H3. The summed E-state index contributed by atoms with van der Waals surface area (Å²) < 4.78 is 13.3. The van der Waals surface area contributed by atoms with E-state index in [2.05, 4.69) is 0 Å². The number of rotatable bonds is 2. The molecule has 0 bridgehead atoms. The van der Waals surface area contributed by atoms with Crippen molar-refractivity contribution < 1.29 is 9.18 Å². The van der Waals surface area contributed by atoms with E-state index in [0.717, 1.165) is 31.2 Å². The number of aryl methyl sites for hydroxylation is 1. The van der Waals surface area contributed by atoms with Gasteiger partial charge in [-0.25, -0.2) is 4.39 Å². The van der Waals surface area contributed by atoms with Crippen LogP contribution < -0.4 is 0 Å². The Balaban J connectivity index is 2.27. The number of hydrogen-bond acceptors (Lipinski definition) is 1. The van der Waals surface area contributed by atoms with Gasteiger partial charge in [0.2, 0.25) is 0 Å². The van der Waals surface area contributed by atoms with E-state index in [0.29, 0.717) is 18.0 Å². The molecule has 1 amide bonds. The van der Waals surface area contributed by atoms with Crippen LogP contribution in [0.1, 0.15) is 41.6 Å². The van der Waals surface area contributed by atoms with Gasteiger partial charge in [-0.05, 0) is 37.5 Å². The molecule has 104 valence electrons. The molecule has 1 aliphatic rings. The van der Waals surface area contributed by atoms with Crippen LogP contribution in [-0.2, 0) is 0 Å². The lowest BCUT2D eigenvalue weighted by Gasteiger charge is -2.29. The largest absolute Gasteiger partial charge is 0.334 e. The van der Waals surface area contributed by atoms with Crippen molar-refractivity contribution in [2.45, 2.75) is 38.6 Å². The van der Waals surface area contributed by atoms with Crippen LogP contribution in [0.2, 0.25) is 0 Å². The van der Waals surface area contributed by atoms with E-state index in [-0.39, 0.29) is 17.8 Å². The number of carbonyl (C=O) groups is 1. The summed E-state index contributed by atoms with van der Waals surface area (Å²) in [5.74, 6) is -0.0177. The average Bonchev–Trinajstić information content (AvgIpc) is 2.65. The molecule has 0 aliphatic carbocycles. The van der Waals surface area contributed by atoms with Crippen LogP contribution in [0.25, 0.3) is 0 Å². The molecule has 1 heterocycles. The van der Waals surface area contributed by atoms with Crippen LogP contribution in [0.3, 0.4) is 0 Å². The minimum Gasteiger partial charge on any atom is -0.334 e. The molecule has 1 aromatic carbocycles. The van der Waals surface area contributed by atoms with Crippen molar-refractivity contribution >= 4 is 17.5 Å². The van der Waals surface area contributed by atoms with E-state index in [1.807, 2.05) is 11.8 Å². The molecule has 0 saturated carbocycles. The molecule has 2 rings (SSSR count). The van der Waals surface area contributed by atoms with Crippen molar-refractivity contribution in [2.24, 2.45) is 0 Å². The Hall–Kier alpha value is -1.09. The van der Waals surface area contributed by atoms with Crippen molar-refractivity contribution in [1.29, 1.82) is 0 Å². The van der Waals surface area contributed by atoms with Crippen molar-refractivity contribution in [3.05, 3.63) is 35.1 Å². The molecule has 0 spiro atoms. The monoisotopic (exact) mass is 283 g/mol. The minimum absolute atomic E-state index is 0.0688. The zero-order valence-electron chi connectivity index (χ0n) is 11.2. The van der Waals surface area contributed by atoms with Crippen LogP contribution in [-0.4, -0.2) is 29.3 Å². The van der Waals surface area contributed by atoms with Crippen LogP contribution in [0.4, 0.5) is 4.39 Å². The second-order valence-electron chi connectivity index (χ2n) is 5.12. The summed E-state index contributed by atoms with van der Waals surface area (Å²) in [7, 11) is 0. The van der Waals surface area contributed by atoms with Gasteiger partial charge in [-0.3, -0.25) is 4.79 Å². The van der Waals surface area contributed by atoms with E-state index in [1.165, 1.54) is 12.1 Å². The summed E-state index contributed by atoms with van der Waals surface area (Å²) in [6, 6.07) is 4.43. The summed E-state index contributed by atoms with van der Waals surface area (Å²) in [5.41, 5.74) is 1.26. The number of likely N-dealkylation sites (tertiary alicyclic amines) is 1. The normalized spacial score (nSPS) is 20.2. The summed E-state index contributed by atoms with van der Waals surface area (Å²) >= 11 is 5.98. The predicted molar refractivity (Wildman–Crippen MR) is 75.1 cm³/mol. The number of nitrogens with zero attached hydrogens (tertiary/aromatic N) is 1. The van der Waals surface area contributed by atoms with Crippen molar-refractivity contribution in [2.75, 3.05) is 12.4 Å². The lowest BCUT2D eigenvalue weighted by Crippen LogP contribution is -2.41. The van der Waals surface area contributed by atoms with E-state index in [1.54, 1.807) is 6.07 Å². The third kappa shape index (κ3) is 3.27. The molecule has 1 fully saturated rings. The molecule has 1 saturated heterocycles. The lowest BCUT2D eigenvalue weighted by atomic mass is 10.1. The highest BCUT2D eigenvalue weighted by Gasteiger charge is 2.26. The highest BCUT2D eigenvalue weighted by molar-refractivity contribution is 6.18. The van der Waals surface area contributed by atoms with Crippen LogP contribution >= 0.6 is 11.6 Å². The van der Waals surface area contributed by atoms with Gasteiger partial charge < -0.3 is 4.90 Å². The van der Waals surface area contributed by atoms with Gasteiger partial charge in [0.1, 0.15) is 5.82 Å². The first-order chi connectivity index (χ1) is 9.13. The summed E-state index contributed by atoms with van der Waals surface area (Å²) in [6.45, 7) is 2.55. The van der Waals surface area contributed by atoms with Crippen molar-refractivity contribution in [3.63, 3.8) is 0 Å². The maximum atomic E-state index is 13.3. The molecular weight excluding hydrogens is 265 g/mol. The van der Waals surface area contributed by atoms with Gasteiger partial charge >= 0.3 is 0 Å². The van der Waals surface area contributed by atoms with Crippen molar-refractivity contribution in [3.8, 4) is 0 Å². The van der Waals surface area contributed by atoms with Gasteiger partial charge in [-0.15, -0.1) is 11.6 Å². The molecule has 0 aromatic heterocycles. The van der Waals surface area contributed by atoms with E-state index < -0.39 is 0 Å². The molecule has 2 nitrogen and oxygen atoms in total. The average molecular weight is 284 g/mol. The maximum Gasteiger partial charge on any atom is 0.254 e. The van der Waals surface area contributed by atoms with Gasteiger partial charge in [0.25, 0.3) is 5.91 Å². The molecule has 1 aromatic rings. The van der Waals surface area contributed by atoms with Crippen LogP contribution in [0, 0.1) is 12.7 Å². The smallest absolute Gasteiger partial charge is 0.254 e. The maximum absolute atomic E-state index is 13.3. The predicted octanol–water partition coefficient (Wildman–Crippen LogP) is 3.76. The van der Waals surface area contributed by atoms with Gasteiger partial charge in [0, 0.05) is 24.0 Å².